The van der Waals surface area contributed by atoms with Crippen LogP contribution in [-0.4, -0.2) is 22.7 Å². The lowest BCUT2D eigenvalue weighted by Crippen LogP contribution is -2.01. The summed E-state index contributed by atoms with van der Waals surface area (Å²) >= 11 is 0. The zero-order valence-electron chi connectivity index (χ0n) is 12.9. The molecule has 2 heterocycles. The van der Waals surface area contributed by atoms with Gasteiger partial charge in [0.2, 0.25) is 0 Å². The average molecular weight is 289 g/mol. The van der Waals surface area contributed by atoms with Crippen molar-refractivity contribution in [1.82, 2.24) is 9.97 Å². The van der Waals surface area contributed by atoms with Crippen LogP contribution in [0.2, 0.25) is 0 Å². The number of aromatic nitrogens is 2. The molecule has 110 valence electrons. The lowest BCUT2D eigenvalue weighted by atomic mass is 9.95. The highest BCUT2D eigenvalue weighted by molar-refractivity contribution is 6.15. The Morgan fingerprint density at radius 1 is 1.27 bits per heavy atom. The second-order valence-electron chi connectivity index (χ2n) is 5.89. The van der Waals surface area contributed by atoms with Crippen LogP contribution in [-0.2, 0) is 0 Å². The van der Waals surface area contributed by atoms with Crippen LogP contribution in [0.25, 0.3) is 16.6 Å². The van der Waals surface area contributed by atoms with Gasteiger partial charge in [0.15, 0.2) is 0 Å². The number of hydrogen-bond donors (Lipinski definition) is 1. The fourth-order valence-corrected chi connectivity index (χ4v) is 3.02. The number of allylic oxidation sites excluding steroid dienone is 6. The fourth-order valence-electron chi connectivity index (χ4n) is 3.02. The molecule has 0 amide bonds. The van der Waals surface area contributed by atoms with Gasteiger partial charge in [0.1, 0.15) is 5.65 Å². The molecule has 1 N–H and O–H groups in total. The zero-order chi connectivity index (χ0) is 15.1. The van der Waals surface area contributed by atoms with Crippen LogP contribution in [0.1, 0.15) is 36.9 Å². The standard InChI is InChI=1S/C19H19N3/c1-3-12-10-14(6-8-17(12)20-2)16-11-21-19-15(16)7-9-18(22-19)13-4-5-13/h3,6-11,13H,4-5H2,1-2H3,(H,21,22)/b12-3-,20-17?. The van der Waals surface area contributed by atoms with Crippen molar-refractivity contribution in [2.24, 2.45) is 4.99 Å². The first-order valence-electron chi connectivity index (χ1n) is 7.82. The quantitative estimate of drug-likeness (QED) is 0.874. The molecule has 0 spiro atoms. The van der Waals surface area contributed by atoms with E-state index in [9.17, 15) is 0 Å². The summed E-state index contributed by atoms with van der Waals surface area (Å²) in [4.78, 5) is 12.4. The van der Waals surface area contributed by atoms with E-state index in [1.165, 1.54) is 35.1 Å². The molecule has 0 unspecified atom stereocenters. The zero-order valence-corrected chi connectivity index (χ0v) is 12.9. The lowest BCUT2D eigenvalue weighted by Gasteiger charge is -2.11. The van der Waals surface area contributed by atoms with Crippen molar-refractivity contribution in [2.75, 3.05) is 7.05 Å². The maximum Gasteiger partial charge on any atom is 0.138 e. The Hall–Kier alpha value is -2.42. The Balaban J connectivity index is 1.78. The highest BCUT2D eigenvalue weighted by Gasteiger charge is 2.25. The van der Waals surface area contributed by atoms with E-state index in [0.717, 1.165) is 16.9 Å². The number of fused-ring (bicyclic) bond motifs is 1. The molecule has 2 aliphatic rings. The van der Waals surface area contributed by atoms with E-state index in [1.807, 2.05) is 14.0 Å². The number of hydrogen-bond acceptors (Lipinski definition) is 2. The van der Waals surface area contributed by atoms with Crippen LogP contribution in [0, 0.1) is 0 Å². The number of nitrogens with zero attached hydrogens (tertiary/aromatic N) is 2. The molecule has 2 aliphatic carbocycles. The Bertz CT molecular complexity index is 858. The monoisotopic (exact) mass is 289 g/mol. The maximum absolute atomic E-state index is 4.78. The van der Waals surface area contributed by atoms with Crippen molar-refractivity contribution in [3.63, 3.8) is 0 Å². The van der Waals surface area contributed by atoms with Crippen LogP contribution in [0.15, 0.2) is 53.2 Å². The number of H-pyrrole nitrogens is 1. The van der Waals surface area contributed by atoms with Gasteiger partial charge in [0.25, 0.3) is 0 Å². The normalized spacial score (nSPS) is 21.8. The van der Waals surface area contributed by atoms with E-state index in [0.29, 0.717) is 5.92 Å². The van der Waals surface area contributed by atoms with Crippen molar-refractivity contribution in [1.29, 1.82) is 0 Å². The predicted octanol–water partition coefficient (Wildman–Crippen LogP) is 4.41. The van der Waals surface area contributed by atoms with Gasteiger partial charge in [-0.25, -0.2) is 4.98 Å². The Morgan fingerprint density at radius 3 is 2.86 bits per heavy atom. The molecule has 0 saturated heterocycles. The van der Waals surface area contributed by atoms with E-state index < -0.39 is 0 Å². The molecular formula is C19H19N3. The number of nitrogens with one attached hydrogen (secondary N) is 1. The molecule has 4 rings (SSSR count). The van der Waals surface area contributed by atoms with Gasteiger partial charge < -0.3 is 4.98 Å². The van der Waals surface area contributed by atoms with E-state index in [2.05, 4.69) is 52.6 Å². The molecule has 3 nitrogen and oxygen atoms in total. The van der Waals surface area contributed by atoms with Gasteiger partial charge >= 0.3 is 0 Å². The Kier molecular flexibility index (Phi) is 3.07. The summed E-state index contributed by atoms with van der Waals surface area (Å²) in [5.41, 5.74) is 6.81. The second kappa shape index (κ2) is 5.09. The summed E-state index contributed by atoms with van der Waals surface area (Å²) in [5.74, 6) is 0.683. The predicted molar refractivity (Wildman–Crippen MR) is 92.3 cm³/mol. The molecule has 22 heavy (non-hydrogen) atoms. The highest BCUT2D eigenvalue weighted by Crippen LogP contribution is 2.40. The highest BCUT2D eigenvalue weighted by atomic mass is 14.9. The summed E-state index contributed by atoms with van der Waals surface area (Å²) in [7, 11) is 1.83. The van der Waals surface area contributed by atoms with Crippen molar-refractivity contribution in [2.45, 2.75) is 25.7 Å². The number of aliphatic imine (C=N–C) groups is 1. The number of pyridine rings is 1. The van der Waals surface area contributed by atoms with Crippen molar-refractivity contribution >= 4 is 22.3 Å². The van der Waals surface area contributed by atoms with Crippen LogP contribution >= 0.6 is 0 Å². The van der Waals surface area contributed by atoms with Crippen molar-refractivity contribution < 1.29 is 0 Å². The third kappa shape index (κ3) is 2.13. The largest absolute Gasteiger partial charge is 0.346 e. The lowest BCUT2D eigenvalue weighted by molar-refractivity contribution is 1.04. The number of aromatic amines is 1. The smallest absolute Gasteiger partial charge is 0.138 e. The van der Waals surface area contributed by atoms with E-state index in [4.69, 9.17) is 4.98 Å². The molecule has 3 heteroatoms. The first-order valence-corrected chi connectivity index (χ1v) is 7.82. The molecule has 0 aliphatic heterocycles. The maximum atomic E-state index is 4.78. The van der Waals surface area contributed by atoms with Gasteiger partial charge in [-0.05, 0) is 55.2 Å². The van der Waals surface area contributed by atoms with Crippen LogP contribution < -0.4 is 0 Å². The van der Waals surface area contributed by atoms with Crippen molar-refractivity contribution in [3.8, 4) is 0 Å². The van der Waals surface area contributed by atoms with Gasteiger partial charge in [-0.3, -0.25) is 4.99 Å². The molecule has 0 radical (unpaired) electrons. The molecule has 0 aromatic carbocycles. The summed E-state index contributed by atoms with van der Waals surface area (Å²) in [6.45, 7) is 2.05. The van der Waals surface area contributed by atoms with Crippen molar-refractivity contribution in [3.05, 3.63) is 59.5 Å². The van der Waals surface area contributed by atoms with E-state index >= 15 is 0 Å². The third-order valence-electron chi connectivity index (χ3n) is 4.45. The minimum atomic E-state index is 0.683. The molecule has 0 bridgehead atoms. The van der Waals surface area contributed by atoms with Gasteiger partial charge in [0, 0.05) is 35.8 Å². The van der Waals surface area contributed by atoms with Gasteiger partial charge in [-0.15, -0.1) is 0 Å². The SMILES string of the molecule is C/C=C1/C=C(c2c[nH]c3nc(C4CC4)ccc23)C=CC1=NC. The van der Waals surface area contributed by atoms with Gasteiger partial charge in [-0.1, -0.05) is 12.2 Å². The summed E-state index contributed by atoms with van der Waals surface area (Å²) < 4.78 is 0. The topological polar surface area (TPSA) is 41.0 Å². The van der Waals surface area contributed by atoms with Crippen LogP contribution in [0.4, 0.5) is 0 Å². The molecular weight excluding hydrogens is 270 g/mol. The molecule has 1 fully saturated rings. The summed E-state index contributed by atoms with van der Waals surface area (Å²) in [6.07, 6.45) is 13.1. The van der Waals surface area contributed by atoms with Crippen LogP contribution in [0.3, 0.4) is 0 Å². The average Bonchev–Trinajstić information content (AvgIpc) is 3.33. The molecule has 0 atom stereocenters. The van der Waals surface area contributed by atoms with E-state index in [-0.39, 0.29) is 0 Å². The second-order valence-corrected chi connectivity index (χ2v) is 5.89. The van der Waals surface area contributed by atoms with Gasteiger partial charge in [-0.2, -0.15) is 0 Å². The van der Waals surface area contributed by atoms with Crippen LogP contribution in [0.5, 0.6) is 0 Å². The molecule has 2 aromatic rings. The van der Waals surface area contributed by atoms with Gasteiger partial charge in [0.05, 0.1) is 5.71 Å². The third-order valence-corrected chi connectivity index (χ3v) is 4.45. The fraction of sp³-hybridized carbons (Fsp3) is 0.263. The minimum absolute atomic E-state index is 0.683. The first-order chi connectivity index (χ1) is 10.8. The first kappa shape index (κ1) is 13.3. The summed E-state index contributed by atoms with van der Waals surface area (Å²) in [5, 5.41) is 1.19. The molecule has 1 saturated carbocycles. The number of rotatable bonds is 2. The Labute approximate surface area is 130 Å². The van der Waals surface area contributed by atoms with E-state index in [1.54, 1.807) is 0 Å². The minimum Gasteiger partial charge on any atom is -0.346 e. The molecule has 2 aromatic heterocycles. The summed E-state index contributed by atoms with van der Waals surface area (Å²) in [6, 6.07) is 4.38. The Morgan fingerprint density at radius 2 is 2.14 bits per heavy atom.